The maximum absolute atomic E-state index is 12.4. The third kappa shape index (κ3) is 4.19. The van der Waals surface area contributed by atoms with Crippen molar-refractivity contribution < 1.29 is 9.59 Å². The molecule has 2 rings (SSSR count). The van der Waals surface area contributed by atoms with Gasteiger partial charge in [-0.05, 0) is 18.8 Å². The number of hydrogen-bond donors (Lipinski definition) is 2. The highest BCUT2D eigenvalue weighted by Gasteiger charge is 2.49. The number of nitrogens with one attached hydrogen (secondary N) is 2. The Morgan fingerprint density at radius 1 is 1.21 bits per heavy atom. The average Bonchev–Trinajstić information content (AvgIpc) is 2.89. The lowest BCUT2D eigenvalue weighted by molar-refractivity contribution is -0.127. The zero-order chi connectivity index (χ0) is 17.7. The molecule has 136 valence electrons. The molecule has 0 bridgehead atoms. The quantitative estimate of drug-likeness (QED) is 0.662. The van der Waals surface area contributed by atoms with E-state index in [0.29, 0.717) is 5.92 Å². The predicted molar refractivity (Wildman–Crippen MR) is 94.6 cm³/mol. The summed E-state index contributed by atoms with van der Waals surface area (Å²) >= 11 is 0. The van der Waals surface area contributed by atoms with Gasteiger partial charge in [-0.25, -0.2) is 4.79 Å². The Bertz CT molecular complexity index is 491. The van der Waals surface area contributed by atoms with Crippen molar-refractivity contribution in [2.75, 3.05) is 20.1 Å². The standard InChI is InChI=1S/C17H31N5O2/c1-5-6-7-8-10-18-16-19-14-13(22(16)11-9-12(2)3)15(23)20-17(24)21(14)4/h12-14H,5-11H2,1-4H3,(H,18,19)(H,20,23,24). The Labute approximate surface area is 144 Å². The van der Waals surface area contributed by atoms with Gasteiger partial charge in [0.2, 0.25) is 0 Å². The lowest BCUT2D eigenvalue weighted by Gasteiger charge is -2.35. The molecule has 2 saturated heterocycles. The Kier molecular flexibility index (Phi) is 6.45. The van der Waals surface area contributed by atoms with Crippen molar-refractivity contribution >= 4 is 17.9 Å². The molecule has 0 radical (unpaired) electrons. The molecule has 2 N–H and O–H groups in total. The van der Waals surface area contributed by atoms with Crippen molar-refractivity contribution in [3.05, 3.63) is 0 Å². The number of hydrogen-bond acceptors (Lipinski definition) is 3. The zero-order valence-electron chi connectivity index (χ0n) is 15.3. The van der Waals surface area contributed by atoms with E-state index in [2.05, 4.69) is 36.4 Å². The average molecular weight is 337 g/mol. The van der Waals surface area contributed by atoms with Crippen LogP contribution in [0.15, 0.2) is 4.99 Å². The molecule has 24 heavy (non-hydrogen) atoms. The highest BCUT2D eigenvalue weighted by molar-refractivity contribution is 6.04. The summed E-state index contributed by atoms with van der Waals surface area (Å²) in [4.78, 5) is 32.5. The summed E-state index contributed by atoms with van der Waals surface area (Å²) in [5.41, 5.74) is 0. The topological polar surface area (TPSA) is 77.0 Å². The molecule has 2 fully saturated rings. The zero-order valence-corrected chi connectivity index (χ0v) is 15.3. The third-order valence-corrected chi connectivity index (χ3v) is 4.64. The second kappa shape index (κ2) is 8.35. The van der Waals surface area contributed by atoms with E-state index < -0.39 is 6.04 Å². The second-order valence-electron chi connectivity index (χ2n) is 7.08. The van der Waals surface area contributed by atoms with E-state index in [1.54, 1.807) is 11.9 Å². The van der Waals surface area contributed by atoms with Gasteiger partial charge in [-0.1, -0.05) is 40.0 Å². The first-order chi connectivity index (χ1) is 11.5. The Morgan fingerprint density at radius 2 is 1.96 bits per heavy atom. The van der Waals surface area contributed by atoms with Crippen molar-refractivity contribution in [1.82, 2.24) is 20.4 Å². The Balaban J connectivity index is 2.10. The van der Waals surface area contributed by atoms with Crippen LogP contribution in [-0.2, 0) is 4.79 Å². The van der Waals surface area contributed by atoms with Gasteiger partial charge in [0.15, 0.2) is 12.0 Å². The van der Waals surface area contributed by atoms with Gasteiger partial charge in [-0.15, -0.1) is 0 Å². The normalized spacial score (nSPS) is 25.3. The lowest BCUT2D eigenvalue weighted by atomic mass is 10.1. The van der Waals surface area contributed by atoms with Crippen LogP contribution in [0.2, 0.25) is 0 Å². The number of imide groups is 1. The number of carbonyl (C=O) groups excluding carboxylic acids is 2. The molecule has 2 aliphatic rings. The number of carbonyl (C=O) groups is 2. The fourth-order valence-corrected chi connectivity index (χ4v) is 3.09. The van der Waals surface area contributed by atoms with Gasteiger partial charge >= 0.3 is 6.03 Å². The van der Waals surface area contributed by atoms with E-state index in [4.69, 9.17) is 0 Å². The number of fused-ring (bicyclic) bond motifs is 1. The van der Waals surface area contributed by atoms with Crippen molar-refractivity contribution in [2.24, 2.45) is 10.9 Å². The number of unbranched alkanes of at least 4 members (excludes halogenated alkanes) is 3. The smallest absolute Gasteiger partial charge is 0.325 e. The molecule has 2 heterocycles. The SMILES string of the molecule is CCCCCCN=C1NC2C(C(=O)NC(=O)N2C)N1CCC(C)C. The predicted octanol–water partition coefficient (Wildman–Crippen LogP) is 1.75. The summed E-state index contributed by atoms with van der Waals surface area (Å²) in [6.45, 7) is 8.03. The van der Waals surface area contributed by atoms with Crippen LogP contribution in [-0.4, -0.2) is 60.0 Å². The molecule has 2 unspecified atom stereocenters. The number of likely N-dealkylation sites (N-methyl/N-ethyl adjacent to an activating group) is 1. The molecule has 0 aromatic heterocycles. The highest BCUT2D eigenvalue weighted by Crippen LogP contribution is 2.21. The number of amides is 3. The van der Waals surface area contributed by atoms with Gasteiger partial charge in [-0.2, -0.15) is 0 Å². The van der Waals surface area contributed by atoms with E-state index in [1.165, 1.54) is 19.3 Å². The van der Waals surface area contributed by atoms with Crippen LogP contribution in [0.25, 0.3) is 0 Å². The molecule has 0 spiro atoms. The first-order valence-electron chi connectivity index (χ1n) is 9.11. The fourth-order valence-electron chi connectivity index (χ4n) is 3.09. The van der Waals surface area contributed by atoms with Gasteiger partial charge in [0, 0.05) is 20.1 Å². The molecular weight excluding hydrogens is 306 g/mol. The molecule has 0 aliphatic carbocycles. The van der Waals surface area contributed by atoms with Gasteiger partial charge in [0.25, 0.3) is 5.91 Å². The van der Waals surface area contributed by atoms with Gasteiger partial charge < -0.3 is 15.1 Å². The van der Waals surface area contributed by atoms with Crippen LogP contribution in [0, 0.1) is 5.92 Å². The van der Waals surface area contributed by atoms with Gasteiger partial charge in [0.1, 0.15) is 6.17 Å². The number of guanidine groups is 1. The van der Waals surface area contributed by atoms with E-state index in [9.17, 15) is 9.59 Å². The van der Waals surface area contributed by atoms with Crippen LogP contribution in [0.5, 0.6) is 0 Å². The summed E-state index contributed by atoms with van der Waals surface area (Å²) in [7, 11) is 1.71. The minimum atomic E-state index is -0.402. The summed E-state index contributed by atoms with van der Waals surface area (Å²) in [5.74, 6) is 1.05. The van der Waals surface area contributed by atoms with Crippen molar-refractivity contribution in [2.45, 2.75) is 65.1 Å². The van der Waals surface area contributed by atoms with Crippen LogP contribution < -0.4 is 10.6 Å². The molecular formula is C17H31N5O2. The maximum atomic E-state index is 12.4. The monoisotopic (exact) mass is 337 g/mol. The molecule has 0 saturated carbocycles. The van der Waals surface area contributed by atoms with E-state index >= 15 is 0 Å². The third-order valence-electron chi connectivity index (χ3n) is 4.64. The number of nitrogens with zero attached hydrogens (tertiary/aromatic N) is 3. The molecule has 2 aliphatic heterocycles. The fraction of sp³-hybridized carbons (Fsp3) is 0.824. The molecule has 3 amide bonds. The molecule has 7 nitrogen and oxygen atoms in total. The first kappa shape index (κ1) is 18.5. The van der Waals surface area contributed by atoms with Crippen LogP contribution in [0.1, 0.15) is 52.9 Å². The van der Waals surface area contributed by atoms with E-state index in [-0.39, 0.29) is 18.1 Å². The van der Waals surface area contributed by atoms with Gasteiger partial charge in [0.05, 0.1) is 0 Å². The van der Waals surface area contributed by atoms with Gasteiger partial charge in [-0.3, -0.25) is 15.1 Å². The lowest BCUT2D eigenvalue weighted by Crippen LogP contribution is -2.64. The number of urea groups is 1. The Hall–Kier alpha value is -1.79. The first-order valence-corrected chi connectivity index (χ1v) is 9.11. The summed E-state index contributed by atoms with van der Waals surface area (Å²) < 4.78 is 0. The molecule has 0 aromatic carbocycles. The molecule has 0 aromatic rings. The summed E-state index contributed by atoms with van der Waals surface area (Å²) in [6.07, 6.45) is 5.28. The van der Waals surface area contributed by atoms with Crippen LogP contribution in [0.3, 0.4) is 0 Å². The summed E-state index contributed by atoms with van der Waals surface area (Å²) in [5, 5.41) is 5.72. The number of aliphatic imine (C=N–C) groups is 1. The van der Waals surface area contributed by atoms with E-state index in [0.717, 1.165) is 31.9 Å². The van der Waals surface area contributed by atoms with E-state index in [1.807, 2.05) is 4.90 Å². The number of rotatable bonds is 8. The van der Waals surface area contributed by atoms with Crippen LogP contribution >= 0.6 is 0 Å². The molecule has 2 atom stereocenters. The minimum Gasteiger partial charge on any atom is -0.334 e. The largest absolute Gasteiger partial charge is 0.334 e. The highest BCUT2D eigenvalue weighted by atomic mass is 16.2. The summed E-state index contributed by atoms with van der Waals surface area (Å²) in [6, 6.07) is -0.761. The van der Waals surface area contributed by atoms with Crippen molar-refractivity contribution in [1.29, 1.82) is 0 Å². The van der Waals surface area contributed by atoms with Crippen molar-refractivity contribution in [3.63, 3.8) is 0 Å². The maximum Gasteiger partial charge on any atom is 0.325 e. The molecule has 7 heteroatoms. The Morgan fingerprint density at radius 3 is 2.62 bits per heavy atom. The van der Waals surface area contributed by atoms with Crippen LogP contribution in [0.4, 0.5) is 4.79 Å². The van der Waals surface area contributed by atoms with Crippen molar-refractivity contribution in [3.8, 4) is 0 Å². The minimum absolute atomic E-state index is 0.240. The second-order valence-corrected chi connectivity index (χ2v) is 7.08.